The highest BCUT2D eigenvalue weighted by Gasteiger charge is 2.33. The van der Waals surface area contributed by atoms with E-state index in [1.807, 2.05) is 23.1 Å². The van der Waals surface area contributed by atoms with Crippen molar-refractivity contribution in [3.8, 4) is 32.8 Å². The molecule has 1 atom stereocenters. The van der Waals surface area contributed by atoms with Crippen molar-refractivity contribution >= 4 is 45.8 Å². The SMILES string of the molecule is c1sc(-c2cc3c(s2)CC(c2scc4c2OCCO4)S3)c2c1OCCO2. The van der Waals surface area contributed by atoms with E-state index < -0.39 is 0 Å². The van der Waals surface area contributed by atoms with Crippen molar-refractivity contribution in [2.75, 3.05) is 26.4 Å². The summed E-state index contributed by atoms with van der Waals surface area (Å²) in [5, 5.41) is 4.56. The fourth-order valence-corrected chi connectivity index (χ4v) is 8.40. The first kappa shape index (κ1) is 15.7. The molecule has 26 heavy (non-hydrogen) atoms. The number of thioether (sulfide) groups is 1. The van der Waals surface area contributed by atoms with Gasteiger partial charge in [0.15, 0.2) is 23.0 Å². The van der Waals surface area contributed by atoms with Crippen LogP contribution in [0, 0.1) is 0 Å². The Balaban J connectivity index is 1.29. The molecule has 0 aliphatic carbocycles. The van der Waals surface area contributed by atoms with Gasteiger partial charge in [0, 0.05) is 31.8 Å². The molecule has 3 aliphatic rings. The van der Waals surface area contributed by atoms with Gasteiger partial charge in [-0.3, -0.25) is 0 Å². The predicted octanol–water partition coefficient (Wildman–Crippen LogP) is 5.47. The minimum Gasteiger partial charge on any atom is -0.485 e. The zero-order chi connectivity index (χ0) is 17.1. The molecule has 134 valence electrons. The van der Waals surface area contributed by atoms with Crippen molar-refractivity contribution in [1.82, 2.24) is 0 Å². The number of hydrogen-bond acceptors (Lipinski definition) is 8. The van der Waals surface area contributed by atoms with Gasteiger partial charge in [-0.25, -0.2) is 0 Å². The van der Waals surface area contributed by atoms with Crippen LogP contribution in [0.25, 0.3) is 9.75 Å². The fourth-order valence-electron chi connectivity index (χ4n) is 3.41. The Bertz CT molecular complexity index is 962. The minimum atomic E-state index is 0.428. The highest BCUT2D eigenvalue weighted by atomic mass is 32.2. The quantitative estimate of drug-likeness (QED) is 0.547. The molecular formula is C18H14O4S4. The smallest absolute Gasteiger partial charge is 0.180 e. The minimum absolute atomic E-state index is 0.428. The number of fused-ring (bicyclic) bond motifs is 3. The lowest BCUT2D eigenvalue weighted by molar-refractivity contribution is 0.172. The first-order chi connectivity index (χ1) is 12.9. The lowest BCUT2D eigenvalue weighted by Gasteiger charge is -2.18. The molecule has 1 unspecified atom stereocenters. The summed E-state index contributed by atoms with van der Waals surface area (Å²) in [6.07, 6.45) is 1.05. The molecule has 6 heterocycles. The summed E-state index contributed by atoms with van der Waals surface area (Å²) in [5.74, 6) is 3.68. The van der Waals surface area contributed by atoms with Gasteiger partial charge in [-0.1, -0.05) is 0 Å². The van der Waals surface area contributed by atoms with Crippen LogP contribution in [-0.4, -0.2) is 26.4 Å². The fraction of sp³-hybridized carbons (Fsp3) is 0.333. The van der Waals surface area contributed by atoms with Crippen molar-refractivity contribution in [2.45, 2.75) is 16.6 Å². The van der Waals surface area contributed by atoms with Gasteiger partial charge in [0.1, 0.15) is 26.4 Å². The summed E-state index contributed by atoms with van der Waals surface area (Å²) in [5.41, 5.74) is 0. The van der Waals surface area contributed by atoms with Gasteiger partial charge in [-0.15, -0.1) is 45.8 Å². The van der Waals surface area contributed by atoms with E-state index in [-0.39, 0.29) is 0 Å². The maximum Gasteiger partial charge on any atom is 0.180 e. The topological polar surface area (TPSA) is 36.9 Å². The number of rotatable bonds is 2. The van der Waals surface area contributed by atoms with E-state index in [2.05, 4.69) is 16.8 Å². The second-order valence-corrected chi connectivity index (χ2v) is 10.3. The molecule has 3 aromatic rings. The van der Waals surface area contributed by atoms with E-state index >= 15 is 0 Å². The first-order valence-corrected chi connectivity index (χ1v) is 11.9. The number of hydrogen-bond donors (Lipinski definition) is 0. The standard InChI is InChI=1S/C18H14O4S4/c1-3-21-15-9(19-1)7-23-17(15)13-5-11-12(25-13)6-14(26-11)18-16-10(8-24-18)20-2-4-22-16/h5,7-8,14H,1-4,6H2. The van der Waals surface area contributed by atoms with Crippen molar-refractivity contribution in [3.63, 3.8) is 0 Å². The molecule has 0 saturated heterocycles. The van der Waals surface area contributed by atoms with Crippen LogP contribution in [0.5, 0.6) is 23.0 Å². The Labute approximate surface area is 166 Å². The Morgan fingerprint density at radius 2 is 1.58 bits per heavy atom. The Morgan fingerprint density at radius 1 is 0.846 bits per heavy atom. The molecule has 0 N–H and O–H groups in total. The Hall–Kier alpha value is -1.35. The third-order valence-corrected chi connectivity index (χ3v) is 9.47. The Morgan fingerprint density at radius 3 is 2.42 bits per heavy atom. The van der Waals surface area contributed by atoms with E-state index in [9.17, 15) is 0 Å². The zero-order valence-electron chi connectivity index (χ0n) is 13.6. The number of thiophene rings is 3. The van der Waals surface area contributed by atoms with Gasteiger partial charge in [-0.2, -0.15) is 0 Å². The lowest BCUT2D eigenvalue weighted by atomic mass is 10.2. The molecule has 6 rings (SSSR count). The number of ether oxygens (including phenoxy) is 4. The largest absolute Gasteiger partial charge is 0.485 e. The molecule has 0 fully saturated rings. The van der Waals surface area contributed by atoms with Gasteiger partial charge in [0.2, 0.25) is 0 Å². The molecule has 4 nitrogen and oxygen atoms in total. The summed E-state index contributed by atoms with van der Waals surface area (Å²) in [6, 6.07) is 2.31. The van der Waals surface area contributed by atoms with E-state index in [0.717, 1.165) is 29.4 Å². The summed E-state index contributed by atoms with van der Waals surface area (Å²) in [7, 11) is 0. The van der Waals surface area contributed by atoms with Crippen molar-refractivity contribution < 1.29 is 18.9 Å². The predicted molar refractivity (Wildman–Crippen MR) is 106 cm³/mol. The molecule has 8 heteroatoms. The molecule has 0 radical (unpaired) electrons. The molecule has 0 saturated carbocycles. The van der Waals surface area contributed by atoms with Crippen molar-refractivity contribution in [1.29, 1.82) is 0 Å². The van der Waals surface area contributed by atoms with Crippen LogP contribution in [0.15, 0.2) is 21.7 Å². The van der Waals surface area contributed by atoms with E-state index in [4.69, 9.17) is 18.9 Å². The van der Waals surface area contributed by atoms with Gasteiger partial charge in [-0.05, 0) is 6.07 Å². The van der Waals surface area contributed by atoms with Gasteiger partial charge in [0.05, 0.1) is 15.0 Å². The van der Waals surface area contributed by atoms with Crippen LogP contribution in [0.3, 0.4) is 0 Å². The zero-order valence-corrected chi connectivity index (χ0v) is 16.9. The van der Waals surface area contributed by atoms with Gasteiger partial charge < -0.3 is 18.9 Å². The second kappa shape index (κ2) is 6.09. The van der Waals surface area contributed by atoms with Crippen LogP contribution in [0.1, 0.15) is 15.0 Å². The summed E-state index contributed by atoms with van der Waals surface area (Å²) >= 11 is 7.28. The molecule has 3 aliphatic heterocycles. The second-order valence-electron chi connectivity index (χ2n) is 6.15. The summed E-state index contributed by atoms with van der Waals surface area (Å²) < 4.78 is 23.1. The maximum atomic E-state index is 5.87. The van der Waals surface area contributed by atoms with Crippen LogP contribution < -0.4 is 18.9 Å². The van der Waals surface area contributed by atoms with Crippen LogP contribution in [0.4, 0.5) is 0 Å². The van der Waals surface area contributed by atoms with E-state index in [1.54, 1.807) is 22.7 Å². The summed E-state index contributed by atoms with van der Waals surface area (Å²) in [4.78, 5) is 6.62. The lowest BCUT2D eigenvalue weighted by Crippen LogP contribution is -2.15. The van der Waals surface area contributed by atoms with Crippen LogP contribution >= 0.6 is 45.8 Å². The molecule has 0 bridgehead atoms. The van der Waals surface area contributed by atoms with Gasteiger partial charge >= 0.3 is 0 Å². The van der Waals surface area contributed by atoms with Crippen LogP contribution in [0.2, 0.25) is 0 Å². The monoisotopic (exact) mass is 422 g/mol. The highest BCUT2D eigenvalue weighted by Crippen LogP contribution is 2.58. The molecule has 3 aromatic heterocycles. The molecular weight excluding hydrogens is 408 g/mol. The maximum absolute atomic E-state index is 5.87. The Kier molecular flexibility index (Phi) is 3.67. The first-order valence-electron chi connectivity index (χ1n) is 8.40. The van der Waals surface area contributed by atoms with E-state index in [0.29, 0.717) is 31.7 Å². The van der Waals surface area contributed by atoms with E-state index in [1.165, 1.54) is 24.4 Å². The average Bonchev–Trinajstić information content (AvgIpc) is 3.41. The average molecular weight is 423 g/mol. The van der Waals surface area contributed by atoms with Crippen LogP contribution in [-0.2, 0) is 6.42 Å². The highest BCUT2D eigenvalue weighted by molar-refractivity contribution is 8.00. The molecule has 0 spiro atoms. The molecule has 0 amide bonds. The van der Waals surface area contributed by atoms with Gasteiger partial charge in [0.25, 0.3) is 0 Å². The normalized spacial score (nSPS) is 20.2. The summed E-state index contributed by atoms with van der Waals surface area (Å²) in [6.45, 7) is 2.56. The van der Waals surface area contributed by atoms with Crippen molar-refractivity contribution in [2.24, 2.45) is 0 Å². The van der Waals surface area contributed by atoms with Crippen molar-refractivity contribution in [3.05, 3.63) is 26.6 Å². The third kappa shape index (κ3) is 2.39. The third-order valence-electron chi connectivity index (χ3n) is 4.56. The molecule has 0 aromatic carbocycles.